The average molecular weight is 281 g/mol. The number of nitrogens with zero attached hydrogens (tertiary/aromatic N) is 2. The van der Waals surface area contributed by atoms with E-state index in [0.717, 1.165) is 11.0 Å². The summed E-state index contributed by atoms with van der Waals surface area (Å²) >= 11 is 0. The molecule has 106 valence electrons. The number of benzene rings is 1. The number of likely N-dealkylation sites (tertiary alicyclic amines) is 1. The van der Waals surface area contributed by atoms with Crippen molar-refractivity contribution in [2.75, 3.05) is 12.4 Å². The Labute approximate surface area is 113 Å². The van der Waals surface area contributed by atoms with Gasteiger partial charge in [0.15, 0.2) is 0 Å². The van der Waals surface area contributed by atoms with Crippen LogP contribution in [0.4, 0.5) is 15.8 Å². The maximum absolute atomic E-state index is 13.5. The van der Waals surface area contributed by atoms with E-state index in [0.29, 0.717) is 0 Å². The number of rotatable bonds is 3. The van der Waals surface area contributed by atoms with Gasteiger partial charge in [-0.1, -0.05) is 6.07 Å². The van der Waals surface area contributed by atoms with Gasteiger partial charge in [-0.25, -0.2) is 0 Å². The first-order chi connectivity index (χ1) is 9.41. The number of likely N-dealkylation sites (N-methyl/N-ethyl adjacent to an activating group) is 1. The highest BCUT2D eigenvalue weighted by Crippen LogP contribution is 2.29. The van der Waals surface area contributed by atoms with E-state index in [9.17, 15) is 24.1 Å². The van der Waals surface area contributed by atoms with Gasteiger partial charge in [0.2, 0.25) is 11.7 Å². The van der Waals surface area contributed by atoms with Crippen LogP contribution in [0.15, 0.2) is 18.2 Å². The van der Waals surface area contributed by atoms with Crippen LogP contribution in [0.3, 0.4) is 0 Å². The molecule has 1 aliphatic heterocycles. The van der Waals surface area contributed by atoms with Gasteiger partial charge in [0.05, 0.1) is 4.92 Å². The van der Waals surface area contributed by atoms with Gasteiger partial charge in [-0.3, -0.25) is 24.6 Å². The van der Waals surface area contributed by atoms with E-state index in [1.165, 1.54) is 19.2 Å². The van der Waals surface area contributed by atoms with E-state index in [-0.39, 0.29) is 24.4 Å². The molecule has 1 unspecified atom stereocenters. The zero-order valence-corrected chi connectivity index (χ0v) is 10.6. The molecule has 0 aromatic heterocycles. The molecule has 1 heterocycles. The van der Waals surface area contributed by atoms with Crippen molar-refractivity contribution >= 4 is 23.2 Å². The SMILES string of the molecule is CN1C(=O)CCC(Nc2cccc(F)c2[N+](=O)[O-])C1=O. The number of nitrogens with one attached hydrogen (secondary N) is 1. The third-order valence-electron chi connectivity index (χ3n) is 3.15. The highest BCUT2D eigenvalue weighted by molar-refractivity contribution is 6.01. The van der Waals surface area contributed by atoms with Crippen molar-refractivity contribution in [1.29, 1.82) is 0 Å². The lowest BCUT2D eigenvalue weighted by atomic mass is 10.0. The van der Waals surface area contributed by atoms with Crippen LogP contribution < -0.4 is 5.32 Å². The Hall–Kier alpha value is -2.51. The highest BCUT2D eigenvalue weighted by Gasteiger charge is 2.33. The van der Waals surface area contributed by atoms with Crippen LogP contribution in [0.2, 0.25) is 0 Å². The lowest BCUT2D eigenvalue weighted by molar-refractivity contribution is -0.386. The van der Waals surface area contributed by atoms with Crippen LogP contribution in [0, 0.1) is 15.9 Å². The van der Waals surface area contributed by atoms with E-state index in [2.05, 4.69) is 5.32 Å². The topological polar surface area (TPSA) is 92.6 Å². The lowest BCUT2D eigenvalue weighted by Gasteiger charge is -2.28. The number of imide groups is 1. The molecule has 0 spiro atoms. The van der Waals surface area contributed by atoms with Crippen LogP contribution in [0.1, 0.15) is 12.8 Å². The molecule has 1 aromatic rings. The molecule has 1 aromatic carbocycles. The summed E-state index contributed by atoms with van der Waals surface area (Å²) in [6, 6.07) is 2.83. The van der Waals surface area contributed by atoms with Crippen LogP contribution in [-0.4, -0.2) is 34.7 Å². The number of nitro groups is 1. The minimum atomic E-state index is -0.979. The molecule has 0 radical (unpaired) electrons. The molecule has 1 fully saturated rings. The Balaban J connectivity index is 2.27. The molecule has 1 aliphatic rings. The summed E-state index contributed by atoms with van der Waals surface area (Å²) in [4.78, 5) is 34.2. The third kappa shape index (κ3) is 2.44. The van der Waals surface area contributed by atoms with E-state index in [1.807, 2.05) is 0 Å². The first-order valence-electron chi connectivity index (χ1n) is 5.91. The molecule has 0 aliphatic carbocycles. The summed E-state index contributed by atoms with van der Waals surface area (Å²) in [5, 5.41) is 13.5. The van der Waals surface area contributed by atoms with Crippen LogP contribution in [0.25, 0.3) is 0 Å². The Morgan fingerprint density at radius 1 is 1.45 bits per heavy atom. The van der Waals surface area contributed by atoms with Crippen molar-refractivity contribution in [3.05, 3.63) is 34.1 Å². The standard InChI is InChI=1S/C12H12FN3O4/c1-15-10(17)6-5-9(12(15)18)14-8-4-2-3-7(13)11(8)16(19)20/h2-4,9,14H,5-6H2,1H3. The number of hydrogen-bond donors (Lipinski definition) is 1. The number of para-hydroxylation sites is 1. The zero-order valence-electron chi connectivity index (χ0n) is 10.6. The number of anilines is 1. The van der Waals surface area contributed by atoms with Crippen LogP contribution in [-0.2, 0) is 9.59 Å². The first-order valence-corrected chi connectivity index (χ1v) is 5.91. The molecule has 1 atom stereocenters. The molecule has 2 rings (SSSR count). The average Bonchev–Trinajstić information content (AvgIpc) is 2.39. The fourth-order valence-corrected chi connectivity index (χ4v) is 2.05. The summed E-state index contributed by atoms with van der Waals surface area (Å²) < 4.78 is 13.5. The maximum atomic E-state index is 13.5. The fraction of sp³-hybridized carbons (Fsp3) is 0.333. The molecule has 1 saturated heterocycles. The van der Waals surface area contributed by atoms with Crippen molar-refractivity contribution in [3.8, 4) is 0 Å². The molecule has 2 amide bonds. The Bertz CT molecular complexity index is 590. The van der Waals surface area contributed by atoms with Crippen molar-refractivity contribution < 1.29 is 18.9 Å². The van der Waals surface area contributed by atoms with Crippen LogP contribution >= 0.6 is 0 Å². The van der Waals surface area contributed by atoms with Gasteiger partial charge in [0.1, 0.15) is 11.7 Å². The van der Waals surface area contributed by atoms with Crippen LogP contribution in [0.5, 0.6) is 0 Å². The maximum Gasteiger partial charge on any atom is 0.327 e. The van der Waals surface area contributed by atoms with E-state index in [1.54, 1.807) is 0 Å². The van der Waals surface area contributed by atoms with Gasteiger partial charge in [0, 0.05) is 13.5 Å². The highest BCUT2D eigenvalue weighted by atomic mass is 19.1. The van der Waals surface area contributed by atoms with Crippen molar-refractivity contribution in [2.45, 2.75) is 18.9 Å². The number of nitro benzene ring substituents is 1. The second-order valence-electron chi connectivity index (χ2n) is 4.42. The van der Waals surface area contributed by atoms with Crippen molar-refractivity contribution in [3.63, 3.8) is 0 Å². The predicted octanol–water partition coefficient (Wildman–Crippen LogP) is 1.29. The molecule has 20 heavy (non-hydrogen) atoms. The zero-order chi connectivity index (χ0) is 14.9. The summed E-state index contributed by atoms with van der Waals surface area (Å²) in [7, 11) is 1.35. The quantitative estimate of drug-likeness (QED) is 0.512. The number of piperidine rings is 1. The number of halogens is 1. The van der Waals surface area contributed by atoms with E-state index in [4.69, 9.17) is 0 Å². The number of hydrogen-bond acceptors (Lipinski definition) is 5. The van der Waals surface area contributed by atoms with E-state index >= 15 is 0 Å². The van der Waals surface area contributed by atoms with Crippen molar-refractivity contribution in [2.24, 2.45) is 0 Å². The number of carbonyl (C=O) groups is 2. The van der Waals surface area contributed by atoms with Gasteiger partial charge in [-0.15, -0.1) is 0 Å². The summed E-state index contributed by atoms with van der Waals surface area (Å²) in [5.74, 6) is -1.77. The van der Waals surface area contributed by atoms with Gasteiger partial charge >= 0.3 is 5.69 Å². The monoisotopic (exact) mass is 281 g/mol. The van der Waals surface area contributed by atoms with Gasteiger partial charge in [-0.05, 0) is 18.6 Å². The number of amides is 2. The molecule has 0 bridgehead atoms. The Morgan fingerprint density at radius 3 is 2.80 bits per heavy atom. The summed E-state index contributed by atoms with van der Waals surface area (Å²) in [6.07, 6.45) is 0.374. The third-order valence-corrected chi connectivity index (χ3v) is 3.15. The second kappa shape index (κ2) is 5.24. The molecule has 8 heteroatoms. The van der Waals surface area contributed by atoms with Gasteiger partial charge in [0.25, 0.3) is 5.91 Å². The largest absolute Gasteiger partial charge is 0.368 e. The lowest BCUT2D eigenvalue weighted by Crippen LogP contribution is -2.48. The van der Waals surface area contributed by atoms with Gasteiger partial charge < -0.3 is 5.32 Å². The molecule has 0 saturated carbocycles. The van der Waals surface area contributed by atoms with Gasteiger partial charge in [-0.2, -0.15) is 4.39 Å². The molecule has 1 N–H and O–H groups in total. The smallest absolute Gasteiger partial charge is 0.327 e. The Kier molecular flexibility index (Phi) is 3.64. The minimum absolute atomic E-state index is 0.0731. The molecule has 7 nitrogen and oxygen atoms in total. The first kappa shape index (κ1) is 13.9. The Morgan fingerprint density at radius 2 is 2.15 bits per heavy atom. The van der Waals surface area contributed by atoms with Crippen molar-refractivity contribution in [1.82, 2.24) is 4.90 Å². The predicted molar refractivity (Wildman–Crippen MR) is 67.5 cm³/mol. The molecular weight excluding hydrogens is 269 g/mol. The number of carbonyl (C=O) groups excluding carboxylic acids is 2. The second-order valence-corrected chi connectivity index (χ2v) is 4.42. The minimum Gasteiger partial charge on any atom is -0.368 e. The normalized spacial score (nSPS) is 19.1. The fourth-order valence-electron chi connectivity index (χ4n) is 2.05. The summed E-state index contributed by atoms with van der Waals surface area (Å²) in [5.41, 5.74) is -0.782. The molecular formula is C12H12FN3O4. The summed E-state index contributed by atoms with van der Waals surface area (Å²) in [6.45, 7) is 0. The van der Waals surface area contributed by atoms with E-state index < -0.39 is 28.4 Å².